The van der Waals surface area contributed by atoms with Gasteiger partial charge in [-0.25, -0.2) is 13.1 Å². The molecule has 6 heteroatoms. The van der Waals surface area contributed by atoms with Gasteiger partial charge >= 0.3 is 5.97 Å². The van der Waals surface area contributed by atoms with Gasteiger partial charge in [-0.2, -0.15) is 0 Å². The predicted molar refractivity (Wildman–Crippen MR) is 121 cm³/mol. The molecule has 0 bridgehead atoms. The summed E-state index contributed by atoms with van der Waals surface area (Å²) in [7, 11) is -3.24. The highest BCUT2D eigenvalue weighted by atomic mass is 32.2. The Balaban J connectivity index is 1.57. The van der Waals surface area contributed by atoms with E-state index in [0.717, 1.165) is 43.4 Å². The van der Waals surface area contributed by atoms with Gasteiger partial charge in [-0.3, -0.25) is 4.79 Å². The zero-order chi connectivity index (χ0) is 22.6. The number of benzene rings is 1. The zero-order valence-electron chi connectivity index (χ0n) is 19.6. The molecule has 1 aromatic carbocycles. The van der Waals surface area contributed by atoms with Gasteiger partial charge in [0.1, 0.15) is 5.75 Å². The van der Waals surface area contributed by atoms with Gasteiger partial charge in [0.05, 0.1) is 12.7 Å². The van der Waals surface area contributed by atoms with Gasteiger partial charge in [-0.05, 0) is 83.8 Å². The van der Waals surface area contributed by atoms with E-state index in [2.05, 4.69) is 45.4 Å². The third-order valence-electron chi connectivity index (χ3n) is 9.62. The summed E-state index contributed by atoms with van der Waals surface area (Å²) in [4.78, 5) is 12.1. The van der Waals surface area contributed by atoms with E-state index in [1.807, 2.05) is 0 Å². The predicted octanol–water partition coefficient (Wildman–Crippen LogP) is 4.04. The van der Waals surface area contributed by atoms with Crippen LogP contribution < -0.4 is 9.46 Å². The summed E-state index contributed by atoms with van der Waals surface area (Å²) >= 11 is 0. The molecule has 1 N–H and O–H groups in total. The molecule has 3 aliphatic carbocycles. The molecule has 0 saturated heterocycles. The van der Waals surface area contributed by atoms with Crippen LogP contribution in [-0.2, 0) is 33.1 Å². The number of aryl methyl sites for hydroxylation is 1. The number of fused-ring (bicyclic) bond motifs is 7. The highest BCUT2D eigenvalue weighted by Gasteiger charge is 2.63. The number of hydrogen-bond acceptors (Lipinski definition) is 4. The molecule has 31 heavy (non-hydrogen) atoms. The van der Waals surface area contributed by atoms with Crippen molar-refractivity contribution in [2.75, 3.05) is 6.26 Å². The van der Waals surface area contributed by atoms with Gasteiger partial charge in [0.25, 0.3) is 0 Å². The SMILES string of the molecule is Cc1cc2c(c3c1C1(C)CCC4C(C)(C)C(NS(C)(=O)=O)CCC4(C)C1C3)OC(=O)C2. The minimum absolute atomic E-state index is 0.0272. The molecule has 0 aromatic heterocycles. The first-order chi connectivity index (χ1) is 14.3. The van der Waals surface area contributed by atoms with Crippen LogP contribution in [0.2, 0.25) is 0 Å². The molecule has 1 aliphatic heterocycles. The van der Waals surface area contributed by atoms with Crippen LogP contribution in [0.3, 0.4) is 0 Å². The van der Waals surface area contributed by atoms with Crippen molar-refractivity contribution >= 4 is 16.0 Å². The van der Waals surface area contributed by atoms with E-state index in [0.29, 0.717) is 18.3 Å². The molecular weight excluding hydrogens is 410 g/mol. The van der Waals surface area contributed by atoms with Crippen LogP contribution in [0.1, 0.15) is 75.6 Å². The minimum Gasteiger partial charge on any atom is -0.426 e. The number of carbonyl (C=O) groups excluding carboxylic acids is 1. The highest BCUT2D eigenvalue weighted by molar-refractivity contribution is 7.88. The lowest BCUT2D eigenvalue weighted by molar-refractivity contribution is -0.131. The molecule has 170 valence electrons. The van der Waals surface area contributed by atoms with Crippen LogP contribution in [0, 0.1) is 29.6 Å². The van der Waals surface area contributed by atoms with Gasteiger partial charge in [-0.1, -0.05) is 33.8 Å². The molecule has 5 unspecified atom stereocenters. The van der Waals surface area contributed by atoms with Crippen LogP contribution in [0.25, 0.3) is 0 Å². The summed E-state index contributed by atoms with van der Waals surface area (Å²) < 4.78 is 32.7. The average molecular weight is 446 g/mol. The molecule has 2 saturated carbocycles. The maximum Gasteiger partial charge on any atom is 0.315 e. The Morgan fingerprint density at radius 1 is 1.10 bits per heavy atom. The van der Waals surface area contributed by atoms with Crippen LogP contribution in [-0.4, -0.2) is 26.7 Å². The minimum atomic E-state index is -3.24. The van der Waals surface area contributed by atoms with Crippen molar-refractivity contribution in [3.63, 3.8) is 0 Å². The van der Waals surface area contributed by atoms with Crippen LogP contribution >= 0.6 is 0 Å². The number of carbonyl (C=O) groups is 1. The van der Waals surface area contributed by atoms with Gasteiger partial charge in [0.2, 0.25) is 10.0 Å². The Labute approximate surface area is 186 Å². The van der Waals surface area contributed by atoms with Crippen molar-refractivity contribution in [3.05, 3.63) is 28.3 Å². The Morgan fingerprint density at radius 2 is 1.81 bits per heavy atom. The largest absolute Gasteiger partial charge is 0.426 e. The first kappa shape index (κ1) is 21.4. The number of sulfonamides is 1. The summed E-state index contributed by atoms with van der Waals surface area (Å²) in [5, 5.41) is 0. The van der Waals surface area contributed by atoms with Gasteiger partial charge in [-0.15, -0.1) is 0 Å². The molecule has 0 amide bonds. The molecule has 0 spiro atoms. The Hall–Kier alpha value is -1.40. The zero-order valence-corrected chi connectivity index (χ0v) is 20.4. The average Bonchev–Trinajstić information content (AvgIpc) is 3.14. The second-order valence-corrected chi connectivity index (χ2v) is 13.5. The third-order valence-corrected chi connectivity index (χ3v) is 10.3. The van der Waals surface area contributed by atoms with E-state index in [1.54, 1.807) is 0 Å². The van der Waals surface area contributed by atoms with Gasteiger partial charge in [0.15, 0.2) is 0 Å². The molecule has 2 fully saturated rings. The van der Waals surface area contributed by atoms with Gasteiger partial charge in [0, 0.05) is 11.6 Å². The molecular formula is C25H35NO4S. The first-order valence-corrected chi connectivity index (χ1v) is 13.5. The Kier molecular flexibility index (Phi) is 4.39. The highest BCUT2D eigenvalue weighted by Crippen LogP contribution is 2.68. The second-order valence-electron chi connectivity index (χ2n) is 11.8. The fourth-order valence-electron chi connectivity index (χ4n) is 8.49. The third kappa shape index (κ3) is 2.90. The van der Waals surface area contributed by atoms with Crippen molar-refractivity contribution in [1.29, 1.82) is 0 Å². The number of ether oxygens (including phenoxy) is 1. The maximum absolute atomic E-state index is 12.1. The monoisotopic (exact) mass is 445 g/mol. The molecule has 4 aliphatic rings. The van der Waals surface area contributed by atoms with E-state index in [1.165, 1.54) is 22.9 Å². The fraction of sp³-hybridized carbons (Fsp3) is 0.720. The van der Waals surface area contributed by atoms with Crippen molar-refractivity contribution in [3.8, 4) is 5.75 Å². The lowest BCUT2D eigenvalue weighted by atomic mass is 9.42. The smallest absolute Gasteiger partial charge is 0.315 e. The molecule has 5 atom stereocenters. The summed E-state index contributed by atoms with van der Waals surface area (Å²) in [6.07, 6.45) is 6.67. The molecule has 5 rings (SSSR count). The summed E-state index contributed by atoms with van der Waals surface area (Å²) in [5.41, 5.74) is 5.10. The molecule has 0 radical (unpaired) electrons. The quantitative estimate of drug-likeness (QED) is 0.551. The number of rotatable bonds is 2. The van der Waals surface area contributed by atoms with Crippen LogP contribution in [0.15, 0.2) is 6.07 Å². The summed E-state index contributed by atoms with van der Waals surface area (Å²) in [6, 6.07) is 2.15. The van der Waals surface area contributed by atoms with E-state index >= 15 is 0 Å². The maximum atomic E-state index is 12.1. The molecule has 1 heterocycles. The lowest BCUT2D eigenvalue weighted by Crippen LogP contribution is -2.61. The lowest BCUT2D eigenvalue weighted by Gasteiger charge is -2.63. The fourth-order valence-corrected chi connectivity index (χ4v) is 9.43. The van der Waals surface area contributed by atoms with Crippen molar-refractivity contribution in [1.82, 2.24) is 4.72 Å². The van der Waals surface area contributed by atoms with Crippen molar-refractivity contribution in [2.24, 2.45) is 22.7 Å². The summed E-state index contributed by atoms with van der Waals surface area (Å²) in [5.74, 6) is 1.61. The number of esters is 1. The standard InChI is InChI=1S/C25H35NO4S/c1-14-11-15-12-20(27)30-22(15)16-13-18-24(4)10-8-19(26-31(6,28)29)23(2,3)17(24)7-9-25(18,5)21(14)16/h11,17-19,26H,7-10,12-13H2,1-6H3. The summed E-state index contributed by atoms with van der Waals surface area (Å²) in [6.45, 7) is 11.6. The van der Waals surface area contributed by atoms with E-state index in [-0.39, 0.29) is 28.3 Å². The van der Waals surface area contributed by atoms with Crippen molar-refractivity contribution < 1.29 is 17.9 Å². The number of nitrogens with one attached hydrogen (secondary N) is 1. The molecule has 1 aromatic rings. The molecule has 5 nitrogen and oxygen atoms in total. The topological polar surface area (TPSA) is 72.5 Å². The van der Waals surface area contributed by atoms with Crippen molar-refractivity contribution in [2.45, 2.75) is 84.6 Å². The van der Waals surface area contributed by atoms with Gasteiger partial charge < -0.3 is 4.74 Å². The normalized spacial score (nSPS) is 38.1. The van der Waals surface area contributed by atoms with Crippen LogP contribution in [0.5, 0.6) is 5.75 Å². The van der Waals surface area contributed by atoms with Crippen LogP contribution in [0.4, 0.5) is 0 Å². The number of hydrogen-bond donors (Lipinski definition) is 1. The van der Waals surface area contributed by atoms with E-state index in [9.17, 15) is 13.2 Å². The van der Waals surface area contributed by atoms with E-state index < -0.39 is 10.0 Å². The Bertz CT molecular complexity index is 1090. The Morgan fingerprint density at radius 3 is 2.48 bits per heavy atom. The van der Waals surface area contributed by atoms with E-state index in [4.69, 9.17) is 4.74 Å². The second kappa shape index (κ2) is 6.34. The first-order valence-electron chi connectivity index (χ1n) is 11.6.